The number of nitrogens with zero attached hydrogens (tertiary/aromatic N) is 2. The van der Waals surface area contributed by atoms with Crippen LogP contribution in [0.2, 0.25) is 5.02 Å². The Morgan fingerprint density at radius 1 is 1.38 bits per heavy atom. The minimum absolute atomic E-state index is 0.0341. The maximum atomic E-state index is 12.8. The highest BCUT2D eigenvalue weighted by Crippen LogP contribution is 2.34. The third-order valence-corrected chi connectivity index (χ3v) is 8.00. The van der Waals surface area contributed by atoms with Gasteiger partial charge in [-0.15, -0.1) is 0 Å². The van der Waals surface area contributed by atoms with Crippen molar-refractivity contribution in [1.29, 1.82) is 0 Å². The molecule has 3 heterocycles. The highest BCUT2D eigenvalue weighted by Gasteiger charge is 2.36. The molecule has 0 bridgehead atoms. The molecule has 0 spiro atoms. The van der Waals surface area contributed by atoms with Crippen LogP contribution in [0.5, 0.6) is 0 Å². The van der Waals surface area contributed by atoms with E-state index in [2.05, 4.69) is 4.98 Å². The molecule has 0 unspecified atom stereocenters. The predicted octanol–water partition coefficient (Wildman–Crippen LogP) is 3.04. The number of ether oxygens (including phenoxy) is 1. The van der Waals surface area contributed by atoms with E-state index in [4.69, 9.17) is 16.3 Å². The number of thioether (sulfide) groups is 1. The molecule has 0 aromatic carbocycles. The van der Waals surface area contributed by atoms with Gasteiger partial charge < -0.3 is 9.64 Å². The highest BCUT2D eigenvalue weighted by atomic mass is 35.5. The van der Waals surface area contributed by atoms with Crippen LogP contribution in [0, 0.1) is 0 Å². The van der Waals surface area contributed by atoms with Gasteiger partial charge in [0.05, 0.1) is 33.9 Å². The van der Waals surface area contributed by atoms with Crippen LogP contribution in [0.15, 0.2) is 17.3 Å². The summed E-state index contributed by atoms with van der Waals surface area (Å²) in [4.78, 5) is 18.1. The Morgan fingerprint density at radius 3 is 2.69 bits per heavy atom. The molecule has 2 atom stereocenters. The van der Waals surface area contributed by atoms with E-state index in [0.29, 0.717) is 25.8 Å². The predicted molar refractivity (Wildman–Crippen MR) is 103 cm³/mol. The average Bonchev–Trinajstić information content (AvgIpc) is 3.26. The van der Waals surface area contributed by atoms with Gasteiger partial charge in [0.15, 0.2) is 9.84 Å². The Labute approximate surface area is 176 Å². The Morgan fingerprint density at radius 2 is 2.14 bits per heavy atom. The van der Waals surface area contributed by atoms with Crippen molar-refractivity contribution in [2.45, 2.75) is 42.6 Å². The zero-order chi connectivity index (χ0) is 21.2. The average molecular weight is 473 g/mol. The fourth-order valence-electron chi connectivity index (χ4n) is 3.38. The zero-order valence-corrected chi connectivity index (χ0v) is 17.7. The summed E-state index contributed by atoms with van der Waals surface area (Å²) in [6, 6.07) is 0.350. The summed E-state index contributed by atoms with van der Waals surface area (Å²) in [5.41, 5.74) is -0.964. The van der Waals surface area contributed by atoms with Gasteiger partial charge in [-0.1, -0.05) is 23.4 Å². The lowest BCUT2D eigenvalue weighted by atomic mass is 10.1. The summed E-state index contributed by atoms with van der Waals surface area (Å²) in [6.45, 7) is 0.906. The van der Waals surface area contributed by atoms with Gasteiger partial charge in [-0.05, 0) is 25.3 Å². The normalized spacial score (nSPS) is 24.0. The third-order valence-electron chi connectivity index (χ3n) is 4.86. The van der Waals surface area contributed by atoms with Crippen LogP contribution in [0.4, 0.5) is 13.2 Å². The summed E-state index contributed by atoms with van der Waals surface area (Å²) in [7, 11) is -3.18. The van der Waals surface area contributed by atoms with E-state index in [1.807, 2.05) is 0 Å². The van der Waals surface area contributed by atoms with Crippen molar-refractivity contribution in [2.24, 2.45) is 0 Å². The topological polar surface area (TPSA) is 76.6 Å². The number of halogens is 4. The van der Waals surface area contributed by atoms with Crippen LogP contribution in [0.25, 0.3) is 0 Å². The van der Waals surface area contributed by atoms with Gasteiger partial charge in [-0.25, -0.2) is 13.4 Å². The van der Waals surface area contributed by atoms with Crippen molar-refractivity contribution in [3.05, 3.63) is 22.8 Å². The first-order valence-corrected chi connectivity index (χ1v) is 12.2. The van der Waals surface area contributed by atoms with E-state index < -0.39 is 27.6 Å². The molecule has 1 amide bonds. The number of carbonyl (C=O) groups is 1. The molecule has 3 rings (SSSR count). The number of sulfone groups is 1. The van der Waals surface area contributed by atoms with E-state index in [0.717, 1.165) is 30.7 Å². The summed E-state index contributed by atoms with van der Waals surface area (Å²) in [5, 5.41) is -0.0733. The number of amides is 1. The van der Waals surface area contributed by atoms with Crippen molar-refractivity contribution in [3.8, 4) is 0 Å². The lowest BCUT2D eigenvalue weighted by molar-refractivity contribution is -0.138. The van der Waals surface area contributed by atoms with Gasteiger partial charge >= 0.3 is 6.18 Å². The molecule has 12 heteroatoms. The van der Waals surface area contributed by atoms with Gasteiger partial charge in [-0.3, -0.25) is 4.79 Å². The number of hydrogen-bond donors (Lipinski definition) is 0. The minimum atomic E-state index is -4.55. The molecule has 2 aliphatic rings. The van der Waals surface area contributed by atoms with Crippen molar-refractivity contribution in [2.75, 3.05) is 30.4 Å². The molecule has 29 heavy (non-hydrogen) atoms. The van der Waals surface area contributed by atoms with Crippen molar-refractivity contribution in [3.63, 3.8) is 0 Å². The zero-order valence-electron chi connectivity index (χ0n) is 15.3. The van der Waals surface area contributed by atoms with Crippen molar-refractivity contribution in [1.82, 2.24) is 9.88 Å². The van der Waals surface area contributed by atoms with Crippen LogP contribution < -0.4 is 0 Å². The van der Waals surface area contributed by atoms with E-state index >= 15 is 0 Å². The molecular formula is C17H20ClF3N2O4S2. The van der Waals surface area contributed by atoms with Crippen LogP contribution >= 0.6 is 23.4 Å². The lowest BCUT2D eigenvalue weighted by Gasteiger charge is -2.30. The van der Waals surface area contributed by atoms with Crippen LogP contribution in [-0.2, 0) is 25.5 Å². The first-order chi connectivity index (χ1) is 13.5. The second kappa shape index (κ2) is 8.99. The fourth-order valence-corrected chi connectivity index (χ4v) is 6.19. The Kier molecular flexibility index (Phi) is 7.02. The third kappa shape index (κ3) is 5.99. The Hall–Kier alpha value is -1.04. The number of aromatic nitrogens is 1. The molecule has 2 saturated heterocycles. The maximum Gasteiger partial charge on any atom is 0.417 e. The van der Waals surface area contributed by atoms with Crippen molar-refractivity contribution >= 4 is 39.1 Å². The quantitative estimate of drug-likeness (QED) is 0.592. The van der Waals surface area contributed by atoms with Crippen molar-refractivity contribution < 1.29 is 31.1 Å². The standard InChI is InChI=1S/C17H20ClF3N2O4S2/c18-14-6-11(17(19,20)21)7-22-16(14)28-9-15(24)23(8-13-2-1-4-27-13)12-3-5-29(25,26)10-12/h6-7,12-13H,1-5,8-10H2/t12-,13-/m0/s1. The molecule has 0 N–H and O–H groups in total. The van der Waals surface area contributed by atoms with E-state index in [-0.39, 0.29) is 39.3 Å². The molecule has 162 valence electrons. The summed E-state index contributed by atoms with van der Waals surface area (Å²) >= 11 is 6.82. The smallest absolute Gasteiger partial charge is 0.376 e. The number of hydrogen-bond acceptors (Lipinski definition) is 6. The second-order valence-corrected chi connectivity index (χ2v) is 10.6. The van der Waals surface area contributed by atoms with Crippen LogP contribution in [0.1, 0.15) is 24.8 Å². The first-order valence-electron chi connectivity index (χ1n) is 9.02. The van der Waals surface area contributed by atoms with Gasteiger partial charge in [0, 0.05) is 25.4 Å². The van der Waals surface area contributed by atoms with Gasteiger partial charge in [0.1, 0.15) is 5.03 Å². The summed E-state index contributed by atoms with van der Waals surface area (Å²) < 4.78 is 67.4. The number of alkyl halides is 3. The maximum absolute atomic E-state index is 12.8. The molecule has 1 aromatic heterocycles. The molecule has 1 aromatic rings. The first kappa shape index (κ1) is 22.6. The van der Waals surface area contributed by atoms with E-state index in [1.165, 1.54) is 4.90 Å². The molecule has 6 nitrogen and oxygen atoms in total. The molecule has 0 radical (unpaired) electrons. The SMILES string of the molecule is O=C(CSc1ncc(C(F)(F)F)cc1Cl)N(C[C@@H]1CCCO1)[C@H]1CCS(=O)(=O)C1. The summed E-state index contributed by atoms with van der Waals surface area (Å²) in [6.07, 6.45) is -1.98. The fraction of sp³-hybridized carbons (Fsp3) is 0.647. The number of pyridine rings is 1. The van der Waals surface area contributed by atoms with E-state index in [1.54, 1.807) is 0 Å². The molecule has 2 aliphatic heterocycles. The van der Waals surface area contributed by atoms with Gasteiger partial charge in [0.25, 0.3) is 0 Å². The molecule has 0 saturated carbocycles. The largest absolute Gasteiger partial charge is 0.417 e. The van der Waals surface area contributed by atoms with E-state index in [9.17, 15) is 26.4 Å². The Bertz CT molecular complexity index is 861. The van der Waals surface area contributed by atoms with Crippen LogP contribution in [-0.4, -0.2) is 66.8 Å². The minimum Gasteiger partial charge on any atom is -0.376 e. The number of carbonyl (C=O) groups excluding carboxylic acids is 1. The Balaban J connectivity index is 1.68. The second-order valence-electron chi connectivity index (χ2n) is 7.04. The monoisotopic (exact) mass is 472 g/mol. The van der Waals surface area contributed by atoms with Crippen LogP contribution in [0.3, 0.4) is 0 Å². The highest BCUT2D eigenvalue weighted by molar-refractivity contribution is 8.00. The molecule has 0 aliphatic carbocycles. The molecular weight excluding hydrogens is 453 g/mol. The number of rotatable bonds is 6. The van der Waals surface area contributed by atoms with Gasteiger partial charge in [-0.2, -0.15) is 13.2 Å². The van der Waals surface area contributed by atoms with Gasteiger partial charge in [0.2, 0.25) is 5.91 Å². The molecule has 2 fully saturated rings. The summed E-state index contributed by atoms with van der Waals surface area (Å²) in [5.74, 6) is -0.478. The lowest BCUT2D eigenvalue weighted by Crippen LogP contribution is -2.46.